The van der Waals surface area contributed by atoms with Crippen LogP contribution in [0.2, 0.25) is 0 Å². The van der Waals surface area contributed by atoms with Crippen molar-refractivity contribution in [3.8, 4) is 0 Å². The topological polar surface area (TPSA) is 12.9 Å². The second-order valence-electron chi connectivity index (χ2n) is 3.58. The van der Waals surface area contributed by atoms with Gasteiger partial charge in [-0.25, -0.2) is 4.39 Å². The lowest BCUT2D eigenvalue weighted by molar-refractivity contribution is 0.627. The summed E-state index contributed by atoms with van der Waals surface area (Å²) in [5.74, 6) is -0.226. The van der Waals surface area contributed by atoms with Crippen molar-refractivity contribution in [2.24, 2.45) is 0 Å². The summed E-state index contributed by atoms with van der Waals surface area (Å²) in [4.78, 5) is 4.02. The molecule has 3 heteroatoms. The number of hydrogen-bond donors (Lipinski definition) is 0. The Morgan fingerprint density at radius 2 is 1.94 bits per heavy atom. The van der Waals surface area contributed by atoms with Gasteiger partial charge in [0.15, 0.2) is 0 Å². The Morgan fingerprint density at radius 3 is 2.56 bits per heavy atom. The molecule has 0 N–H and O–H groups in total. The number of hydrogen-bond acceptors (Lipinski definition) is 1. The molecule has 0 aliphatic rings. The molecular weight excluding hydrogens is 225 g/mol. The Bertz CT molecular complexity index is 441. The molecule has 16 heavy (non-hydrogen) atoms. The molecule has 1 aromatic carbocycles. The van der Waals surface area contributed by atoms with E-state index in [4.69, 9.17) is 11.6 Å². The van der Waals surface area contributed by atoms with Crippen molar-refractivity contribution in [3.63, 3.8) is 0 Å². The highest BCUT2D eigenvalue weighted by Crippen LogP contribution is 2.24. The molecular formula is C13H11ClFN. The number of halogens is 2. The second-order valence-corrected chi connectivity index (χ2v) is 4.11. The highest BCUT2D eigenvalue weighted by atomic mass is 35.5. The van der Waals surface area contributed by atoms with Gasteiger partial charge in [0.2, 0.25) is 0 Å². The van der Waals surface area contributed by atoms with E-state index in [2.05, 4.69) is 4.98 Å². The van der Waals surface area contributed by atoms with Crippen LogP contribution < -0.4 is 0 Å². The van der Waals surface area contributed by atoms with Gasteiger partial charge in [-0.05, 0) is 35.7 Å². The van der Waals surface area contributed by atoms with Gasteiger partial charge in [0.05, 0.1) is 5.38 Å². The number of rotatable bonds is 3. The predicted molar refractivity (Wildman–Crippen MR) is 62.9 cm³/mol. The van der Waals surface area contributed by atoms with Crippen LogP contribution in [0.5, 0.6) is 0 Å². The van der Waals surface area contributed by atoms with Crippen LogP contribution in [-0.2, 0) is 6.42 Å². The van der Waals surface area contributed by atoms with E-state index in [0.29, 0.717) is 6.42 Å². The summed E-state index contributed by atoms with van der Waals surface area (Å²) in [6.07, 6.45) is 4.14. The number of pyridine rings is 1. The number of alkyl halides is 1. The summed E-state index contributed by atoms with van der Waals surface area (Å²) in [7, 11) is 0. The summed E-state index contributed by atoms with van der Waals surface area (Å²) < 4.78 is 12.7. The Kier molecular flexibility index (Phi) is 3.52. The van der Waals surface area contributed by atoms with Gasteiger partial charge in [-0.1, -0.05) is 18.2 Å². The van der Waals surface area contributed by atoms with Crippen molar-refractivity contribution < 1.29 is 4.39 Å². The second kappa shape index (κ2) is 5.08. The molecule has 0 saturated carbocycles. The minimum atomic E-state index is -0.226. The molecule has 2 rings (SSSR count). The van der Waals surface area contributed by atoms with Crippen molar-refractivity contribution in [3.05, 3.63) is 65.7 Å². The summed E-state index contributed by atoms with van der Waals surface area (Å²) in [6.45, 7) is 0. The molecule has 1 heterocycles. The Balaban J connectivity index is 2.08. The van der Waals surface area contributed by atoms with Crippen LogP contribution in [-0.4, -0.2) is 4.98 Å². The molecule has 0 aliphatic heterocycles. The third-order valence-corrected chi connectivity index (χ3v) is 2.78. The van der Waals surface area contributed by atoms with Crippen molar-refractivity contribution in [2.75, 3.05) is 0 Å². The summed E-state index contributed by atoms with van der Waals surface area (Å²) in [5, 5.41) is -0.126. The largest absolute Gasteiger partial charge is 0.264 e. The van der Waals surface area contributed by atoms with Crippen molar-refractivity contribution in [2.45, 2.75) is 11.8 Å². The van der Waals surface area contributed by atoms with Crippen molar-refractivity contribution in [1.29, 1.82) is 0 Å². The van der Waals surface area contributed by atoms with E-state index in [0.717, 1.165) is 11.1 Å². The minimum absolute atomic E-state index is 0.126. The van der Waals surface area contributed by atoms with Gasteiger partial charge < -0.3 is 0 Å². The van der Waals surface area contributed by atoms with Crippen LogP contribution in [0.25, 0.3) is 0 Å². The van der Waals surface area contributed by atoms with Crippen LogP contribution in [0.3, 0.4) is 0 Å². The Morgan fingerprint density at radius 1 is 1.19 bits per heavy atom. The number of aromatic nitrogens is 1. The quantitative estimate of drug-likeness (QED) is 0.739. The molecule has 1 aromatic heterocycles. The molecule has 0 aliphatic carbocycles. The molecule has 1 nitrogen and oxygen atoms in total. The maximum absolute atomic E-state index is 12.7. The van der Waals surface area contributed by atoms with Gasteiger partial charge in [-0.2, -0.15) is 0 Å². The van der Waals surface area contributed by atoms with Crippen molar-refractivity contribution >= 4 is 11.6 Å². The molecule has 0 fully saturated rings. The SMILES string of the molecule is Fc1ccc(CC(Cl)c2cccnc2)cc1. The van der Waals surface area contributed by atoms with Crippen molar-refractivity contribution in [1.82, 2.24) is 4.98 Å². The van der Waals surface area contributed by atoms with E-state index >= 15 is 0 Å². The third-order valence-electron chi connectivity index (χ3n) is 2.37. The van der Waals surface area contributed by atoms with E-state index in [1.807, 2.05) is 12.1 Å². The molecule has 0 radical (unpaired) electrons. The van der Waals surface area contributed by atoms with Gasteiger partial charge in [0.25, 0.3) is 0 Å². The van der Waals surface area contributed by atoms with E-state index in [1.54, 1.807) is 24.5 Å². The molecule has 0 saturated heterocycles. The highest BCUT2D eigenvalue weighted by Gasteiger charge is 2.08. The first-order valence-corrected chi connectivity index (χ1v) is 5.48. The molecule has 1 atom stereocenters. The van der Waals surface area contributed by atoms with Gasteiger partial charge in [-0.3, -0.25) is 4.98 Å². The summed E-state index contributed by atoms with van der Waals surface area (Å²) in [6, 6.07) is 10.2. The van der Waals surface area contributed by atoms with E-state index < -0.39 is 0 Å². The van der Waals surface area contributed by atoms with Crippen LogP contribution in [0.4, 0.5) is 4.39 Å². The number of nitrogens with zero attached hydrogens (tertiary/aromatic N) is 1. The predicted octanol–water partition coefficient (Wildman–Crippen LogP) is 3.74. The molecule has 82 valence electrons. The molecule has 1 unspecified atom stereocenters. The lowest BCUT2D eigenvalue weighted by atomic mass is 10.1. The zero-order chi connectivity index (χ0) is 11.4. The Labute approximate surface area is 98.9 Å². The Hall–Kier alpha value is -1.41. The lowest BCUT2D eigenvalue weighted by Crippen LogP contribution is -1.96. The van der Waals surface area contributed by atoms with Crippen LogP contribution in [0, 0.1) is 5.82 Å². The fourth-order valence-corrected chi connectivity index (χ4v) is 1.81. The van der Waals surface area contributed by atoms with E-state index in [-0.39, 0.29) is 11.2 Å². The zero-order valence-electron chi connectivity index (χ0n) is 8.61. The van der Waals surface area contributed by atoms with E-state index in [1.165, 1.54) is 12.1 Å². The number of benzene rings is 1. The maximum Gasteiger partial charge on any atom is 0.123 e. The third kappa shape index (κ3) is 2.80. The lowest BCUT2D eigenvalue weighted by Gasteiger charge is -2.09. The maximum atomic E-state index is 12.7. The molecule has 0 spiro atoms. The average molecular weight is 236 g/mol. The molecule has 0 bridgehead atoms. The first-order valence-electron chi connectivity index (χ1n) is 5.04. The first kappa shape index (κ1) is 11.1. The highest BCUT2D eigenvalue weighted by molar-refractivity contribution is 6.20. The van der Waals surface area contributed by atoms with Gasteiger partial charge in [0, 0.05) is 12.4 Å². The standard InChI is InChI=1S/C13H11ClFN/c14-13(11-2-1-7-16-9-11)8-10-3-5-12(15)6-4-10/h1-7,9,13H,8H2. The van der Waals surface area contributed by atoms with Crippen LogP contribution in [0.15, 0.2) is 48.8 Å². The smallest absolute Gasteiger partial charge is 0.123 e. The fraction of sp³-hybridized carbons (Fsp3) is 0.154. The summed E-state index contributed by atoms with van der Waals surface area (Å²) >= 11 is 6.25. The zero-order valence-corrected chi connectivity index (χ0v) is 9.36. The monoisotopic (exact) mass is 235 g/mol. The van der Waals surface area contributed by atoms with Gasteiger partial charge in [0.1, 0.15) is 5.82 Å². The van der Waals surface area contributed by atoms with Crippen LogP contribution >= 0.6 is 11.6 Å². The van der Waals surface area contributed by atoms with Gasteiger partial charge in [-0.15, -0.1) is 11.6 Å². The average Bonchev–Trinajstić information content (AvgIpc) is 2.33. The summed E-state index contributed by atoms with van der Waals surface area (Å²) in [5.41, 5.74) is 2.00. The van der Waals surface area contributed by atoms with Gasteiger partial charge >= 0.3 is 0 Å². The minimum Gasteiger partial charge on any atom is -0.264 e. The fourth-order valence-electron chi connectivity index (χ4n) is 1.51. The van der Waals surface area contributed by atoms with E-state index in [9.17, 15) is 4.39 Å². The molecule has 0 amide bonds. The normalized spacial score (nSPS) is 12.4. The molecule has 2 aromatic rings. The first-order chi connectivity index (χ1) is 7.75. The van der Waals surface area contributed by atoms with Crippen LogP contribution in [0.1, 0.15) is 16.5 Å².